The van der Waals surface area contributed by atoms with Crippen LogP contribution in [0, 0.1) is 10.1 Å². The summed E-state index contributed by atoms with van der Waals surface area (Å²) in [5.41, 5.74) is 1.10. The van der Waals surface area contributed by atoms with Gasteiger partial charge < -0.3 is 23.9 Å². The predicted molar refractivity (Wildman–Crippen MR) is 126 cm³/mol. The normalized spacial score (nSPS) is 18.6. The van der Waals surface area contributed by atoms with E-state index in [1.807, 2.05) is 7.05 Å². The number of halogens is 1. The van der Waals surface area contributed by atoms with E-state index in [1.54, 1.807) is 6.07 Å². The number of rotatable bonds is 6. The van der Waals surface area contributed by atoms with Crippen LogP contribution in [0.15, 0.2) is 44.0 Å². The van der Waals surface area contributed by atoms with E-state index in [9.17, 15) is 20.0 Å². The van der Waals surface area contributed by atoms with Crippen molar-refractivity contribution in [3.05, 3.63) is 60.7 Å². The van der Waals surface area contributed by atoms with E-state index in [0.717, 1.165) is 13.0 Å². The number of likely N-dealkylation sites (tertiary alicyclic amines) is 1. The molecule has 0 amide bonds. The van der Waals surface area contributed by atoms with Crippen LogP contribution in [0.2, 0.25) is 0 Å². The summed E-state index contributed by atoms with van der Waals surface area (Å²) in [4.78, 5) is 25.9. The number of ether oxygens (including phenoxy) is 2. The number of hydrogen-bond acceptors (Lipinski definition) is 8. The van der Waals surface area contributed by atoms with Crippen LogP contribution < -0.4 is 14.9 Å². The molecule has 2 aromatic carbocycles. The van der Waals surface area contributed by atoms with Gasteiger partial charge in [0.2, 0.25) is 0 Å². The van der Waals surface area contributed by atoms with E-state index >= 15 is 0 Å². The molecular weight excluding hydrogens is 496 g/mol. The average Bonchev–Trinajstić information content (AvgIpc) is 3.17. The Bertz CT molecular complexity index is 1290. The van der Waals surface area contributed by atoms with Crippen LogP contribution >= 0.6 is 15.9 Å². The molecule has 1 fully saturated rings. The van der Waals surface area contributed by atoms with Crippen LogP contribution in [0.5, 0.6) is 11.5 Å². The van der Waals surface area contributed by atoms with Gasteiger partial charge in [0.05, 0.1) is 25.7 Å². The van der Waals surface area contributed by atoms with Gasteiger partial charge in [0.25, 0.3) is 5.69 Å². The smallest absolute Gasteiger partial charge is 0.270 e. The molecule has 1 N–H and O–H groups in total. The van der Waals surface area contributed by atoms with Crippen molar-refractivity contribution < 1.29 is 23.9 Å². The van der Waals surface area contributed by atoms with Crippen LogP contribution in [0.3, 0.4) is 0 Å². The summed E-state index contributed by atoms with van der Waals surface area (Å²) >= 11 is 3.35. The predicted octanol–water partition coefficient (Wildman–Crippen LogP) is 3.93. The Hall–Kier alpha value is -2.95. The first-order valence-corrected chi connectivity index (χ1v) is 11.1. The number of aliphatic hydroxyl groups is 1. The Labute approximate surface area is 197 Å². The molecule has 2 heterocycles. The van der Waals surface area contributed by atoms with Gasteiger partial charge in [-0.25, -0.2) is 0 Å². The zero-order valence-electron chi connectivity index (χ0n) is 18.3. The van der Waals surface area contributed by atoms with Crippen molar-refractivity contribution >= 4 is 32.6 Å². The van der Waals surface area contributed by atoms with Gasteiger partial charge in [-0.2, -0.15) is 0 Å². The van der Waals surface area contributed by atoms with Crippen molar-refractivity contribution in [2.45, 2.75) is 18.4 Å². The average molecular weight is 519 g/mol. The standard InChI is InChI=1S/C23H23BrN2O7/c1-25-7-6-14(16(25)11-27)21-19(31-2)10-20(32-3)22-17(28)9-18(33-23(21)22)13-5-4-12(26(29)30)8-15(13)24/h4-5,8-10,14,16,27H,6-7,11H2,1-3H3/t14-,16+/m0/s1. The van der Waals surface area contributed by atoms with Crippen LogP contribution in [0.1, 0.15) is 17.9 Å². The summed E-state index contributed by atoms with van der Waals surface area (Å²) in [6.45, 7) is 0.708. The number of nitro benzene ring substituents is 1. The molecule has 33 heavy (non-hydrogen) atoms. The largest absolute Gasteiger partial charge is 0.496 e. The number of methoxy groups -OCH3 is 2. The molecule has 4 rings (SSSR count). The van der Waals surface area contributed by atoms with Gasteiger partial charge in [0.15, 0.2) is 5.43 Å². The summed E-state index contributed by atoms with van der Waals surface area (Å²) < 4.78 is 17.9. The third kappa shape index (κ3) is 3.98. The molecule has 1 saturated heterocycles. The maximum atomic E-state index is 13.3. The Kier molecular flexibility index (Phi) is 6.42. The first-order chi connectivity index (χ1) is 15.8. The van der Waals surface area contributed by atoms with Crippen molar-refractivity contribution in [2.24, 2.45) is 0 Å². The number of benzene rings is 2. The molecule has 10 heteroatoms. The van der Waals surface area contributed by atoms with Gasteiger partial charge in [0, 0.05) is 51.8 Å². The lowest BCUT2D eigenvalue weighted by atomic mass is 9.89. The van der Waals surface area contributed by atoms with Crippen molar-refractivity contribution in [3.8, 4) is 22.8 Å². The van der Waals surface area contributed by atoms with Crippen molar-refractivity contribution in [1.29, 1.82) is 0 Å². The highest BCUT2D eigenvalue weighted by molar-refractivity contribution is 9.10. The van der Waals surface area contributed by atoms with E-state index in [0.29, 0.717) is 32.7 Å². The number of aliphatic hydroxyl groups excluding tert-OH is 1. The van der Waals surface area contributed by atoms with Crippen LogP contribution in [-0.4, -0.2) is 55.4 Å². The zero-order valence-corrected chi connectivity index (χ0v) is 19.9. The van der Waals surface area contributed by atoms with Gasteiger partial charge in [-0.1, -0.05) is 0 Å². The van der Waals surface area contributed by atoms with Crippen LogP contribution in [0.4, 0.5) is 5.69 Å². The second-order valence-corrected chi connectivity index (χ2v) is 8.78. The summed E-state index contributed by atoms with van der Waals surface area (Å²) in [7, 11) is 4.94. The minimum absolute atomic E-state index is 0.0599. The van der Waals surface area contributed by atoms with Gasteiger partial charge in [-0.05, 0) is 42.0 Å². The molecule has 0 unspecified atom stereocenters. The van der Waals surface area contributed by atoms with Gasteiger partial charge >= 0.3 is 0 Å². The molecule has 174 valence electrons. The molecular formula is C23H23BrN2O7. The lowest BCUT2D eigenvalue weighted by molar-refractivity contribution is -0.384. The third-order valence-corrected chi connectivity index (χ3v) is 6.87. The number of nitro groups is 1. The summed E-state index contributed by atoms with van der Waals surface area (Å²) in [5, 5.41) is 21.4. The number of non-ortho nitro benzene ring substituents is 1. The van der Waals surface area contributed by atoms with Gasteiger partial charge in [-0.3, -0.25) is 14.9 Å². The Morgan fingerprint density at radius 1 is 1.24 bits per heavy atom. The van der Waals surface area contributed by atoms with E-state index in [-0.39, 0.29) is 40.8 Å². The maximum Gasteiger partial charge on any atom is 0.270 e. The molecule has 0 radical (unpaired) electrons. The number of fused-ring (bicyclic) bond motifs is 1. The van der Waals surface area contributed by atoms with E-state index < -0.39 is 4.92 Å². The summed E-state index contributed by atoms with van der Waals surface area (Å²) in [6.07, 6.45) is 0.745. The fourth-order valence-electron chi connectivity index (χ4n) is 4.54. The molecule has 1 aromatic heterocycles. The number of hydrogen-bond donors (Lipinski definition) is 1. The monoisotopic (exact) mass is 518 g/mol. The molecule has 3 aromatic rings. The molecule has 2 atom stereocenters. The second kappa shape index (κ2) is 9.12. The Morgan fingerprint density at radius 3 is 2.58 bits per heavy atom. The van der Waals surface area contributed by atoms with E-state index in [4.69, 9.17) is 13.9 Å². The SMILES string of the molecule is COc1cc(OC)c2c(=O)cc(-c3ccc([N+](=O)[O-])cc3Br)oc2c1[C@H]1CCN(C)[C@@H]1CO. The maximum absolute atomic E-state index is 13.3. The molecule has 0 saturated carbocycles. The molecule has 9 nitrogen and oxygen atoms in total. The minimum Gasteiger partial charge on any atom is -0.496 e. The highest BCUT2D eigenvalue weighted by Gasteiger charge is 2.37. The highest BCUT2D eigenvalue weighted by Crippen LogP contribution is 2.45. The van der Waals surface area contributed by atoms with Crippen LogP contribution in [0.25, 0.3) is 22.3 Å². The third-order valence-electron chi connectivity index (χ3n) is 6.22. The van der Waals surface area contributed by atoms with E-state index in [1.165, 1.54) is 38.5 Å². The topological polar surface area (TPSA) is 115 Å². The van der Waals surface area contributed by atoms with Crippen molar-refractivity contribution in [2.75, 3.05) is 34.4 Å². The van der Waals surface area contributed by atoms with Crippen molar-refractivity contribution in [3.63, 3.8) is 0 Å². The number of likely N-dealkylation sites (N-methyl/N-ethyl adjacent to an activating group) is 1. The molecule has 1 aliphatic rings. The molecule has 0 spiro atoms. The quantitative estimate of drug-likeness (QED) is 0.385. The zero-order chi connectivity index (χ0) is 23.9. The molecule has 0 bridgehead atoms. The molecule has 0 aliphatic carbocycles. The first-order valence-electron chi connectivity index (χ1n) is 10.3. The number of nitrogens with zero attached hydrogens (tertiary/aromatic N) is 2. The van der Waals surface area contributed by atoms with Gasteiger partial charge in [-0.15, -0.1) is 0 Å². The second-order valence-electron chi connectivity index (χ2n) is 7.92. The first kappa shape index (κ1) is 23.2. The van der Waals surface area contributed by atoms with Crippen LogP contribution in [-0.2, 0) is 0 Å². The fourth-order valence-corrected chi connectivity index (χ4v) is 5.10. The highest BCUT2D eigenvalue weighted by atomic mass is 79.9. The van der Waals surface area contributed by atoms with Gasteiger partial charge in [0.1, 0.15) is 28.2 Å². The molecule has 1 aliphatic heterocycles. The summed E-state index contributed by atoms with van der Waals surface area (Å²) in [5.74, 6) is 0.932. The van der Waals surface area contributed by atoms with Crippen molar-refractivity contribution in [1.82, 2.24) is 4.90 Å². The fraction of sp³-hybridized carbons (Fsp3) is 0.348. The lowest BCUT2D eigenvalue weighted by Crippen LogP contribution is -2.32. The minimum atomic E-state index is -0.495. The Balaban J connectivity index is 2.03. The summed E-state index contributed by atoms with van der Waals surface area (Å²) in [6, 6.07) is 7.09. The lowest BCUT2D eigenvalue weighted by Gasteiger charge is -2.25. The van der Waals surface area contributed by atoms with E-state index in [2.05, 4.69) is 20.8 Å². The Morgan fingerprint density at radius 2 is 1.97 bits per heavy atom.